The van der Waals surface area contributed by atoms with Gasteiger partial charge in [-0.3, -0.25) is 4.79 Å². The number of hydrogen-bond donors (Lipinski definition) is 1. The molecule has 0 unspecified atom stereocenters. The first-order chi connectivity index (χ1) is 12.9. The Morgan fingerprint density at radius 1 is 1.07 bits per heavy atom. The second-order valence-corrected chi connectivity index (χ2v) is 9.53. The van der Waals surface area contributed by atoms with Crippen molar-refractivity contribution >= 4 is 15.7 Å². The van der Waals surface area contributed by atoms with Crippen molar-refractivity contribution in [1.29, 1.82) is 0 Å². The predicted octanol–water partition coefficient (Wildman–Crippen LogP) is 3.15. The monoisotopic (exact) mass is 387 g/mol. The number of sulfone groups is 1. The van der Waals surface area contributed by atoms with Crippen LogP contribution in [0, 0.1) is 5.82 Å². The normalized spacial score (nSPS) is 20.9. The number of hydrogen-bond acceptors (Lipinski definition) is 3. The zero-order chi connectivity index (χ0) is 19.0. The van der Waals surface area contributed by atoms with Gasteiger partial charge in [0.05, 0.1) is 10.6 Å². The molecule has 1 saturated carbocycles. The Morgan fingerprint density at radius 2 is 1.81 bits per heavy atom. The van der Waals surface area contributed by atoms with Crippen LogP contribution in [0.1, 0.15) is 41.9 Å². The lowest BCUT2D eigenvalue weighted by Crippen LogP contribution is -2.28. The van der Waals surface area contributed by atoms with Crippen molar-refractivity contribution in [3.05, 3.63) is 65.0 Å². The first-order valence-corrected chi connectivity index (χ1v) is 11.0. The molecule has 0 bridgehead atoms. The van der Waals surface area contributed by atoms with Gasteiger partial charge in [0.15, 0.2) is 9.84 Å². The summed E-state index contributed by atoms with van der Waals surface area (Å²) in [5.41, 5.74) is 3.33. The molecule has 0 aromatic heterocycles. The van der Waals surface area contributed by atoms with Gasteiger partial charge in [0.1, 0.15) is 5.82 Å². The molecule has 0 saturated heterocycles. The van der Waals surface area contributed by atoms with Crippen molar-refractivity contribution in [1.82, 2.24) is 5.32 Å². The second kappa shape index (κ2) is 7.08. The Balaban J connectivity index is 1.31. The van der Waals surface area contributed by atoms with Crippen LogP contribution >= 0.6 is 0 Å². The number of nitrogens with one attached hydrogen (secondary N) is 1. The van der Waals surface area contributed by atoms with Gasteiger partial charge in [-0.25, -0.2) is 12.8 Å². The molecule has 1 N–H and O–H groups in total. The molecule has 2 aliphatic rings. The average molecular weight is 387 g/mol. The molecule has 2 aromatic carbocycles. The molecule has 27 heavy (non-hydrogen) atoms. The maximum atomic E-state index is 13.0. The predicted molar refractivity (Wildman–Crippen MR) is 101 cm³/mol. The van der Waals surface area contributed by atoms with Crippen molar-refractivity contribution in [2.24, 2.45) is 0 Å². The van der Waals surface area contributed by atoms with Crippen molar-refractivity contribution in [2.45, 2.75) is 49.0 Å². The van der Waals surface area contributed by atoms with Gasteiger partial charge in [0, 0.05) is 18.4 Å². The van der Waals surface area contributed by atoms with Crippen LogP contribution < -0.4 is 5.32 Å². The number of aryl methyl sites for hydroxylation is 2. The summed E-state index contributed by atoms with van der Waals surface area (Å²) in [4.78, 5) is 12.5. The Morgan fingerprint density at radius 3 is 2.59 bits per heavy atom. The van der Waals surface area contributed by atoms with E-state index in [-0.39, 0.29) is 35.9 Å². The number of amides is 1. The fourth-order valence-electron chi connectivity index (χ4n) is 3.80. The third-order valence-corrected chi connectivity index (χ3v) is 7.18. The molecular formula is C21H22FNO3S. The molecule has 1 fully saturated rings. The van der Waals surface area contributed by atoms with Crippen LogP contribution in [-0.2, 0) is 27.5 Å². The maximum Gasteiger partial charge on any atom is 0.221 e. The highest BCUT2D eigenvalue weighted by atomic mass is 32.2. The third-order valence-electron chi connectivity index (χ3n) is 5.46. The lowest BCUT2D eigenvalue weighted by molar-refractivity contribution is -0.120. The van der Waals surface area contributed by atoms with E-state index in [0.29, 0.717) is 4.90 Å². The molecule has 142 valence electrons. The van der Waals surface area contributed by atoms with Crippen LogP contribution in [0.5, 0.6) is 0 Å². The quantitative estimate of drug-likeness (QED) is 0.828. The van der Waals surface area contributed by atoms with E-state index in [1.54, 1.807) is 24.3 Å². The van der Waals surface area contributed by atoms with E-state index in [1.165, 1.54) is 17.7 Å². The second-order valence-electron chi connectivity index (χ2n) is 7.42. The first kappa shape index (κ1) is 18.2. The van der Waals surface area contributed by atoms with E-state index in [4.69, 9.17) is 0 Å². The van der Waals surface area contributed by atoms with Gasteiger partial charge in [0.25, 0.3) is 0 Å². The van der Waals surface area contributed by atoms with Crippen molar-refractivity contribution in [3.8, 4) is 0 Å². The van der Waals surface area contributed by atoms with E-state index in [0.717, 1.165) is 36.8 Å². The smallest absolute Gasteiger partial charge is 0.221 e. The number of halogens is 1. The summed E-state index contributed by atoms with van der Waals surface area (Å²) in [6.07, 6.45) is 3.75. The van der Waals surface area contributed by atoms with Gasteiger partial charge < -0.3 is 5.32 Å². The summed E-state index contributed by atoms with van der Waals surface area (Å²) in [5, 5.41) is 2.89. The summed E-state index contributed by atoms with van der Waals surface area (Å²) < 4.78 is 38.1. The summed E-state index contributed by atoms with van der Waals surface area (Å²) in [6.45, 7) is 0. The van der Waals surface area contributed by atoms with Crippen molar-refractivity contribution in [2.75, 3.05) is 5.75 Å². The van der Waals surface area contributed by atoms with Crippen LogP contribution in [0.2, 0.25) is 0 Å². The summed E-state index contributed by atoms with van der Waals surface area (Å²) >= 11 is 0. The molecule has 6 heteroatoms. The molecule has 2 aromatic rings. The van der Waals surface area contributed by atoms with Gasteiger partial charge in [0.2, 0.25) is 5.91 Å². The number of rotatable bonds is 6. The molecule has 0 spiro atoms. The van der Waals surface area contributed by atoms with Gasteiger partial charge in [-0.15, -0.1) is 0 Å². The highest BCUT2D eigenvalue weighted by Gasteiger charge is 2.39. The third kappa shape index (κ3) is 4.05. The van der Waals surface area contributed by atoms with E-state index >= 15 is 0 Å². The number of benzene rings is 2. The Kier molecular flexibility index (Phi) is 4.76. The van der Waals surface area contributed by atoms with E-state index in [9.17, 15) is 17.6 Å². The number of carbonyl (C=O) groups excluding carboxylic acids is 1. The topological polar surface area (TPSA) is 63.2 Å². The summed E-state index contributed by atoms with van der Waals surface area (Å²) in [5.74, 6) is -0.542. The van der Waals surface area contributed by atoms with E-state index < -0.39 is 9.84 Å². The fourth-order valence-corrected chi connectivity index (χ4v) is 5.09. The van der Waals surface area contributed by atoms with Crippen molar-refractivity contribution in [3.63, 3.8) is 0 Å². The molecule has 0 aliphatic heterocycles. The first-order valence-electron chi connectivity index (χ1n) is 9.32. The average Bonchev–Trinajstić information content (AvgIpc) is 3.24. The molecule has 0 heterocycles. The lowest BCUT2D eigenvalue weighted by Gasteiger charge is -2.08. The molecule has 2 atom stereocenters. The van der Waals surface area contributed by atoms with Gasteiger partial charge in [-0.05, 0) is 66.6 Å². The Hall–Kier alpha value is -2.21. The zero-order valence-electron chi connectivity index (χ0n) is 14.9. The standard InChI is InChI=1S/C21H22FNO3S/c22-17-7-4-15(5-8-17)19-13-20(19)23-21(24)10-11-27(25,26)18-9-6-14-2-1-3-16(14)12-18/h4-9,12,19-20H,1-3,10-11,13H2,(H,23,24)/t19-,20-/m1/s1. The maximum absolute atomic E-state index is 13.0. The Labute approximate surface area is 158 Å². The SMILES string of the molecule is O=C(CCS(=O)(=O)c1ccc2c(c1)CCC2)N[C@@H]1C[C@@H]1c1ccc(F)cc1. The minimum atomic E-state index is -3.47. The molecule has 2 aliphatic carbocycles. The van der Waals surface area contributed by atoms with Gasteiger partial charge in [-0.2, -0.15) is 0 Å². The Bertz CT molecular complexity index is 969. The van der Waals surface area contributed by atoms with Crippen LogP contribution in [0.25, 0.3) is 0 Å². The molecular weight excluding hydrogens is 365 g/mol. The molecule has 1 amide bonds. The van der Waals surface area contributed by atoms with Gasteiger partial charge in [-0.1, -0.05) is 18.2 Å². The van der Waals surface area contributed by atoms with Crippen LogP contribution in [0.3, 0.4) is 0 Å². The van der Waals surface area contributed by atoms with Crippen LogP contribution in [-0.4, -0.2) is 26.1 Å². The largest absolute Gasteiger partial charge is 0.353 e. The highest BCUT2D eigenvalue weighted by Crippen LogP contribution is 2.40. The summed E-state index contributed by atoms with van der Waals surface area (Å²) in [6, 6.07) is 11.6. The van der Waals surface area contributed by atoms with Gasteiger partial charge >= 0.3 is 0 Å². The minimum absolute atomic E-state index is 0.00524. The van der Waals surface area contributed by atoms with Crippen molar-refractivity contribution < 1.29 is 17.6 Å². The van der Waals surface area contributed by atoms with E-state index in [2.05, 4.69) is 5.32 Å². The summed E-state index contributed by atoms with van der Waals surface area (Å²) in [7, 11) is -3.47. The van der Waals surface area contributed by atoms with E-state index in [1.807, 2.05) is 6.07 Å². The molecule has 4 rings (SSSR count). The molecule has 0 radical (unpaired) electrons. The van der Waals surface area contributed by atoms with Crippen LogP contribution in [0.4, 0.5) is 4.39 Å². The lowest BCUT2D eigenvalue weighted by atomic mass is 10.1. The number of carbonyl (C=O) groups is 1. The molecule has 4 nitrogen and oxygen atoms in total. The highest BCUT2D eigenvalue weighted by molar-refractivity contribution is 7.91. The number of fused-ring (bicyclic) bond motifs is 1. The zero-order valence-corrected chi connectivity index (χ0v) is 15.8. The minimum Gasteiger partial charge on any atom is -0.353 e. The fraction of sp³-hybridized carbons (Fsp3) is 0.381. The van der Waals surface area contributed by atoms with Crippen LogP contribution in [0.15, 0.2) is 47.4 Å².